The second-order valence-electron chi connectivity index (χ2n) is 4.14. The third kappa shape index (κ3) is 7.22. The number of urea groups is 1. The number of aromatic carboxylic acids is 1. The van der Waals surface area contributed by atoms with Crippen LogP contribution in [0.2, 0.25) is 0 Å². The first-order valence-corrected chi connectivity index (χ1v) is 7.86. The van der Waals surface area contributed by atoms with Crippen LogP contribution in [0.5, 0.6) is 0 Å². The molecule has 0 aliphatic carbocycles. The van der Waals surface area contributed by atoms with Crippen LogP contribution in [-0.2, 0) is 10.0 Å². The van der Waals surface area contributed by atoms with E-state index < -0.39 is 22.0 Å². The number of sulfonamides is 1. The van der Waals surface area contributed by atoms with Crippen LogP contribution >= 0.6 is 0 Å². The SMILES string of the molecule is CS(=O)(=O)NCCCNC(=O)Nc1ccc(C(=O)O)nc1. The summed E-state index contributed by atoms with van der Waals surface area (Å²) in [6, 6.07) is 2.20. The van der Waals surface area contributed by atoms with Crippen molar-refractivity contribution < 1.29 is 23.1 Å². The summed E-state index contributed by atoms with van der Waals surface area (Å²) in [4.78, 5) is 25.7. The smallest absolute Gasteiger partial charge is 0.354 e. The molecule has 0 fully saturated rings. The Bertz CT molecular complexity index is 600. The number of carbonyl (C=O) groups is 2. The van der Waals surface area contributed by atoms with E-state index in [9.17, 15) is 18.0 Å². The molecule has 9 nitrogen and oxygen atoms in total. The lowest BCUT2D eigenvalue weighted by Gasteiger charge is -2.07. The fraction of sp³-hybridized carbons (Fsp3) is 0.364. The fourth-order valence-corrected chi connectivity index (χ4v) is 1.83. The maximum atomic E-state index is 11.5. The molecule has 2 amide bonds. The number of aromatic nitrogens is 1. The number of pyridine rings is 1. The predicted octanol–water partition coefficient (Wildman–Crippen LogP) is -0.159. The van der Waals surface area contributed by atoms with E-state index in [0.29, 0.717) is 12.1 Å². The van der Waals surface area contributed by atoms with Crippen molar-refractivity contribution in [2.24, 2.45) is 0 Å². The number of carbonyl (C=O) groups excluding carboxylic acids is 1. The van der Waals surface area contributed by atoms with E-state index in [1.54, 1.807) is 0 Å². The molecule has 0 radical (unpaired) electrons. The third-order valence-corrected chi connectivity index (χ3v) is 2.97. The van der Waals surface area contributed by atoms with Gasteiger partial charge in [-0.15, -0.1) is 0 Å². The number of hydrogen-bond acceptors (Lipinski definition) is 5. The van der Waals surface area contributed by atoms with Crippen molar-refractivity contribution in [1.82, 2.24) is 15.0 Å². The van der Waals surface area contributed by atoms with Crippen molar-refractivity contribution in [3.8, 4) is 0 Å². The lowest BCUT2D eigenvalue weighted by Crippen LogP contribution is -2.32. The first kappa shape index (κ1) is 16.9. The zero-order valence-electron chi connectivity index (χ0n) is 11.3. The molecule has 0 saturated heterocycles. The molecule has 1 heterocycles. The Balaban J connectivity index is 2.29. The molecule has 1 rings (SSSR count). The van der Waals surface area contributed by atoms with Crippen molar-refractivity contribution in [3.63, 3.8) is 0 Å². The molecule has 0 aliphatic heterocycles. The molecule has 1 aromatic heterocycles. The maximum Gasteiger partial charge on any atom is 0.354 e. The van der Waals surface area contributed by atoms with E-state index in [0.717, 1.165) is 6.26 Å². The number of hydrogen-bond donors (Lipinski definition) is 4. The Hall–Kier alpha value is -2.20. The molecule has 0 bridgehead atoms. The minimum atomic E-state index is -3.22. The van der Waals surface area contributed by atoms with Crippen molar-refractivity contribution >= 4 is 27.7 Å². The first-order chi connectivity index (χ1) is 9.78. The van der Waals surface area contributed by atoms with Crippen LogP contribution in [0.4, 0.5) is 10.5 Å². The van der Waals surface area contributed by atoms with Crippen molar-refractivity contribution in [1.29, 1.82) is 0 Å². The van der Waals surface area contributed by atoms with E-state index in [4.69, 9.17) is 5.11 Å². The van der Waals surface area contributed by atoms with Gasteiger partial charge in [-0.05, 0) is 18.6 Å². The molecule has 0 unspecified atom stereocenters. The summed E-state index contributed by atoms with van der Waals surface area (Å²) < 4.78 is 23.9. The van der Waals surface area contributed by atoms with Gasteiger partial charge in [0.05, 0.1) is 18.1 Å². The number of anilines is 1. The molecule has 0 atom stereocenters. The minimum Gasteiger partial charge on any atom is -0.477 e. The van der Waals surface area contributed by atoms with Gasteiger partial charge in [-0.3, -0.25) is 0 Å². The molecule has 21 heavy (non-hydrogen) atoms. The van der Waals surface area contributed by atoms with Gasteiger partial charge in [-0.25, -0.2) is 27.7 Å². The monoisotopic (exact) mass is 316 g/mol. The van der Waals surface area contributed by atoms with Gasteiger partial charge >= 0.3 is 12.0 Å². The van der Waals surface area contributed by atoms with E-state index in [1.807, 2.05) is 0 Å². The topological polar surface area (TPSA) is 137 Å². The summed E-state index contributed by atoms with van der Waals surface area (Å²) in [7, 11) is -3.22. The van der Waals surface area contributed by atoms with Crippen molar-refractivity contribution in [2.45, 2.75) is 6.42 Å². The molecular weight excluding hydrogens is 300 g/mol. The van der Waals surface area contributed by atoms with Crippen LogP contribution in [0.25, 0.3) is 0 Å². The predicted molar refractivity (Wildman–Crippen MR) is 75.7 cm³/mol. The number of nitrogens with one attached hydrogen (secondary N) is 3. The average molecular weight is 316 g/mol. The Kier molecular flexibility index (Phi) is 6.06. The number of nitrogens with zero attached hydrogens (tertiary/aromatic N) is 1. The normalized spacial score (nSPS) is 10.9. The summed E-state index contributed by atoms with van der Waals surface area (Å²) in [5.41, 5.74) is 0.236. The van der Waals surface area contributed by atoms with Gasteiger partial charge in [-0.2, -0.15) is 0 Å². The highest BCUT2D eigenvalue weighted by atomic mass is 32.2. The van der Waals surface area contributed by atoms with Crippen molar-refractivity contribution in [3.05, 3.63) is 24.0 Å². The summed E-state index contributed by atoms with van der Waals surface area (Å²) in [6.45, 7) is 0.517. The highest BCUT2D eigenvalue weighted by Crippen LogP contribution is 2.05. The van der Waals surface area contributed by atoms with Gasteiger partial charge in [0.15, 0.2) is 0 Å². The fourth-order valence-electron chi connectivity index (χ4n) is 1.32. The van der Waals surface area contributed by atoms with Crippen LogP contribution in [0.1, 0.15) is 16.9 Å². The van der Waals surface area contributed by atoms with E-state index in [1.165, 1.54) is 18.3 Å². The summed E-state index contributed by atoms with van der Waals surface area (Å²) in [6.07, 6.45) is 2.73. The van der Waals surface area contributed by atoms with Crippen LogP contribution in [-0.4, -0.2) is 49.9 Å². The van der Waals surface area contributed by atoms with Gasteiger partial charge in [0.2, 0.25) is 10.0 Å². The van der Waals surface area contributed by atoms with E-state index >= 15 is 0 Å². The summed E-state index contributed by atoms with van der Waals surface area (Å²) >= 11 is 0. The molecule has 0 aromatic carbocycles. The molecule has 0 aliphatic rings. The second-order valence-corrected chi connectivity index (χ2v) is 5.97. The van der Waals surface area contributed by atoms with Gasteiger partial charge < -0.3 is 15.7 Å². The molecule has 10 heteroatoms. The van der Waals surface area contributed by atoms with Crippen LogP contribution in [0.3, 0.4) is 0 Å². The minimum absolute atomic E-state index is 0.118. The zero-order chi connectivity index (χ0) is 15.9. The molecule has 116 valence electrons. The van der Waals surface area contributed by atoms with Gasteiger partial charge in [0.1, 0.15) is 5.69 Å². The Morgan fingerprint density at radius 2 is 2.00 bits per heavy atom. The quantitative estimate of drug-likeness (QED) is 0.516. The molecular formula is C11H16N4O5S. The number of carboxylic acid groups (broad SMARTS) is 1. The third-order valence-electron chi connectivity index (χ3n) is 2.24. The maximum absolute atomic E-state index is 11.5. The molecule has 0 spiro atoms. The Morgan fingerprint density at radius 3 is 2.52 bits per heavy atom. The zero-order valence-corrected chi connectivity index (χ0v) is 12.1. The second kappa shape index (κ2) is 7.55. The summed E-state index contributed by atoms with van der Waals surface area (Å²) in [5.74, 6) is -1.15. The number of carboxylic acids is 1. The lowest BCUT2D eigenvalue weighted by atomic mass is 10.3. The standard InChI is InChI=1S/C11H16N4O5S/c1-21(19,20)14-6-2-5-12-11(18)15-8-3-4-9(10(16)17)13-7-8/h3-4,7,14H,2,5-6H2,1H3,(H,16,17)(H2,12,15,18). The van der Waals surface area contributed by atoms with E-state index in [-0.39, 0.29) is 18.8 Å². The largest absolute Gasteiger partial charge is 0.477 e. The Morgan fingerprint density at radius 1 is 1.29 bits per heavy atom. The van der Waals surface area contributed by atoms with Crippen molar-refractivity contribution in [2.75, 3.05) is 24.7 Å². The van der Waals surface area contributed by atoms with Gasteiger partial charge in [0.25, 0.3) is 0 Å². The van der Waals surface area contributed by atoms with Gasteiger partial charge in [-0.1, -0.05) is 0 Å². The number of amides is 2. The van der Waals surface area contributed by atoms with E-state index in [2.05, 4.69) is 20.3 Å². The highest BCUT2D eigenvalue weighted by molar-refractivity contribution is 7.88. The highest BCUT2D eigenvalue weighted by Gasteiger charge is 2.05. The molecule has 0 saturated carbocycles. The van der Waals surface area contributed by atoms with Crippen LogP contribution < -0.4 is 15.4 Å². The average Bonchev–Trinajstić information content (AvgIpc) is 2.37. The van der Waals surface area contributed by atoms with Gasteiger partial charge in [0, 0.05) is 13.1 Å². The molecule has 1 aromatic rings. The van der Waals surface area contributed by atoms with Crippen LogP contribution in [0.15, 0.2) is 18.3 Å². The Labute approximate surface area is 121 Å². The lowest BCUT2D eigenvalue weighted by molar-refractivity contribution is 0.0690. The summed E-state index contributed by atoms with van der Waals surface area (Å²) in [5, 5.41) is 13.7. The number of rotatable bonds is 7. The first-order valence-electron chi connectivity index (χ1n) is 5.97. The molecule has 4 N–H and O–H groups in total. The van der Waals surface area contributed by atoms with Crippen LogP contribution in [0, 0.1) is 0 Å².